The molecule has 29 heavy (non-hydrogen) atoms. The molecule has 2 heterocycles. The molecule has 3 rings (SSSR count). The van der Waals surface area contributed by atoms with Gasteiger partial charge < -0.3 is 19.7 Å². The van der Waals surface area contributed by atoms with Gasteiger partial charge in [-0.3, -0.25) is 9.59 Å². The number of hydrogen-bond acceptors (Lipinski definition) is 7. The van der Waals surface area contributed by atoms with Crippen LogP contribution >= 0.6 is 11.3 Å². The van der Waals surface area contributed by atoms with Crippen LogP contribution in [0.25, 0.3) is 0 Å². The molecule has 1 aromatic heterocycles. The van der Waals surface area contributed by atoms with E-state index < -0.39 is 0 Å². The van der Waals surface area contributed by atoms with Gasteiger partial charge in [-0.2, -0.15) is 0 Å². The summed E-state index contributed by atoms with van der Waals surface area (Å²) in [6.07, 6.45) is 3.52. The van der Waals surface area contributed by atoms with Crippen LogP contribution in [0, 0.1) is 5.92 Å². The molecule has 0 unspecified atom stereocenters. The zero-order valence-electron chi connectivity index (χ0n) is 16.5. The number of aromatic nitrogens is 2. The van der Waals surface area contributed by atoms with Gasteiger partial charge in [-0.25, -0.2) is 0 Å². The number of piperidine rings is 1. The van der Waals surface area contributed by atoms with Gasteiger partial charge in [0.2, 0.25) is 11.0 Å². The average Bonchev–Trinajstić information content (AvgIpc) is 3.26. The van der Waals surface area contributed by atoms with E-state index >= 15 is 0 Å². The Morgan fingerprint density at radius 1 is 1.31 bits per heavy atom. The minimum atomic E-state index is -0.148. The minimum Gasteiger partial charge on any atom is -0.493 e. The van der Waals surface area contributed by atoms with E-state index in [-0.39, 0.29) is 17.7 Å². The second kappa shape index (κ2) is 9.51. The highest BCUT2D eigenvalue weighted by Gasteiger charge is 2.29. The standard InChI is InChI=1S/C20H24N4O4S/c1-4-5-14-10-15(11-16(27-2)17(14)28-3)19(26)24-8-6-13(7-9-24)18(25)22-20-23-21-12-29-20/h4,10-13H,1,5-9H2,2-3H3,(H,22,23,25). The third-order valence-corrected chi connectivity index (χ3v) is 5.52. The summed E-state index contributed by atoms with van der Waals surface area (Å²) in [5.74, 6) is 0.815. The van der Waals surface area contributed by atoms with E-state index in [0.29, 0.717) is 54.5 Å². The number of carbonyl (C=O) groups is 2. The molecule has 1 saturated heterocycles. The van der Waals surface area contributed by atoms with E-state index in [4.69, 9.17) is 9.47 Å². The monoisotopic (exact) mass is 416 g/mol. The van der Waals surface area contributed by atoms with Gasteiger partial charge in [0.05, 0.1) is 14.2 Å². The smallest absolute Gasteiger partial charge is 0.254 e. The van der Waals surface area contributed by atoms with Gasteiger partial charge in [0.15, 0.2) is 11.5 Å². The molecular formula is C20H24N4O4S. The highest BCUT2D eigenvalue weighted by molar-refractivity contribution is 7.13. The van der Waals surface area contributed by atoms with Crippen molar-refractivity contribution in [3.05, 3.63) is 41.4 Å². The number of hydrogen-bond donors (Lipinski definition) is 1. The fourth-order valence-corrected chi connectivity index (χ4v) is 3.88. The number of carbonyl (C=O) groups excluding carboxylic acids is 2. The van der Waals surface area contributed by atoms with Crippen molar-refractivity contribution in [3.8, 4) is 11.5 Å². The summed E-state index contributed by atoms with van der Waals surface area (Å²) in [4.78, 5) is 27.2. The first kappa shape index (κ1) is 20.8. The second-order valence-corrected chi connectivity index (χ2v) is 7.50. The molecule has 2 aromatic rings. The van der Waals surface area contributed by atoms with Gasteiger partial charge in [0, 0.05) is 30.1 Å². The number of likely N-dealkylation sites (tertiary alicyclic amines) is 1. The summed E-state index contributed by atoms with van der Waals surface area (Å²) in [6.45, 7) is 4.79. The number of anilines is 1. The molecule has 154 valence electrons. The van der Waals surface area contributed by atoms with Crippen LogP contribution in [0.15, 0.2) is 30.3 Å². The first-order valence-electron chi connectivity index (χ1n) is 9.29. The summed E-state index contributed by atoms with van der Waals surface area (Å²) in [7, 11) is 3.12. The van der Waals surface area contributed by atoms with Gasteiger partial charge in [0.1, 0.15) is 5.51 Å². The number of nitrogens with one attached hydrogen (secondary N) is 1. The lowest BCUT2D eigenvalue weighted by Gasteiger charge is -2.31. The van der Waals surface area contributed by atoms with Crippen molar-refractivity contribution in [2.75, 3.05) is 32.6 Å². The molecule has 1 aliphatic rings. The summed E-state index contributed by atoms with van der Waals surface area (Å²) >= 11 is 1.28. The van der Waals surface area contributed by atoms with Crippen LogP contribution in [-0.4, -0.2) is 54.2 Å². The Bertz CT molecular complexity index is 877. The topological polar surface area (TPSA) is 93.7 Å². The zero-order chi connectivity index (χ0) is 20.8. The normalized spacial score (nSPS) is 14.3. The maximum atomic E-state index is 13.0. The van der Waals surface area contributed by atoms with Crippen molar-refractivity contribution in [2.24, 2.45) is 5.92 Å². The van der Waals surface area contributed by atoms with Crippen molar-refractivity contribution >= 4 is 28.3 Å². The Hall–Kier alpha value is -2.94. The summed E-state index contributed by atoms with van der Waals surface area (Å²) in [5, 5.41) is 10.8. The van der Waals surface area contributed by atoms with E-state index in [1.807, 2.05) is 6.07 Å². The van der Waals surface area contributed by atoms with Crippen molar-refractivity contribution in [3.63, 3.8) is 0 Å². The summed E-state index contributed by atoms with van der Waals surface area (Å²) in [6, 6.07) is 3.52. The van der Waals surface area contributed by atoms with E-state index in [1.54, 1.807) is 36.8 Å². The Morgan fingerprint density at radius 2 is 2.07 bits per heavy atom. The minimum absolute atomic E-state index is 0.0757. The first-order valence-corrected chi connectivity index (χ1v) is 10.2. The van der Waals surface area contributed by atoms with Crippen LogP contribution in [0.1, 0.15) is 28.8 Å². The van der Waals surface area contributed by atoms with Crippen molar-refractivity contribution in [1.29, 1.82) is 0 Å². The average molecular weight is 417 g/mol. The van der Waals surface area contributed by atoms with Gasteiger partial charge in [-0.05, 0) is 31.4 Å². The largest absolute Gasteiger partial charge is 0.493 e. The van der Waals surface area contributed by atoms with Gasteiger partial charge in [-0.1, -0.05) is 17.4 Å². The quantitative estimate of drug-likeness (QED) is 0.698. The van der Waals surface area contributed by atoms with Crippen molar-refractivity contribution in [2.45, 2.75) is 19.3 Å². The molecule has 9 heteroatoms. The highest BCUT2D eigenvalue weighted by atomic mass is 32.1. The lowest BCUT2D eigenvalue weighted by Crippen LogP contribution is -2.41. The third-order valence-electron chi connectivity index (χ3n) is 4.91. The van der Waals surface area contributed by atoms with Crippen LogP contribution in [0.3, 0.4) is 0 Å². The fraction of sp³-hybridized carbons (Fsp3) is 0.400. The lowest BCUT2D eigenvalue weighted by atomic mass is 9.95. The number of benzene rings is 1. The van der Waals surface area contributed by atoms with E-state index in [9.17, 15) is 9.59 Å². The van der Waals surface area contributed by atoms with Gasteiger partial charge in [0.25, 0.3) is 5.91 Å². The molecule has 0 radical (unpaired) electrons. The molecular weight excluding hydrogens is 392 g/mol. The molecule has 0 bridgehead atoms. The molecule has 0 atom stereocenters. The van der Waals surface area contributed by atoms with Gasteiger partial charge in [-0.15, -0.1) is 16.8 Å². The molecule has 1 fully saturated rings. The molecule has 0 spiro atoms. The van der Waals surface area contributed by atoms with Crippen LogP contribution in [0.5, 0.6) is 11.5 Å². The van der Waals surface area contributed by atoms with Crippen molar-refractivity contribution < 1.29 is 19.1 Å². The van der Waals surface area contributed by atoms with Crippen LogP contribution in [0.4, 0.5) is 5.13 Å². The molecule has 1 aromatic carbocycles. The van der Waals surface area contributed by atoms with Gasteiger partial charge >= 0.3 is 0 Å². The predicted molar refractivity (Wildman–Crippen MR) is 111 cm³/mol. The number of allylic oxidation sites excluding steroid dienone is 1. The number of amides is 2. The number of methoxy groups -OCH3 is 2. The Morgan fingerprint density at radius 3 is 2.66 bits per heavy atom. The van der Waals surface area contributed by atoms with Crippen molar-refractivity contribution in [1.82, 2.24) is 15.1 Å². The zero-order valence-corrected chi connectivity index (χ0v) is 17.3. The number of nitrogens with zero attached hydrogens (tertiary/aromatic N) is 3. The summed E-state index contributed by atoms with van der Waals surface area (Å²) < 4.78 is 10.8. The maximum absolute atomic E-state index is 13.0. The molecule has 2 amide bonds. The molecule has 0 saturated carbocycles. The summed E-state index contributed by atoms with van der Waals surface area (Å²) in [5.41, 5.74) is 2.95. The van der Waals surface area contributed by atoms with E-state index in [0.717, 1.165) is 5.56 Å². The predicted octanol–water partition coefficient (Wildman–Crippen LogP) is 2.77. The highest BCUT2D eigenvalue weighted by Crippen LogP contribution is 2.34. The first-order chi connectivity index (χ1) is 14.1. The van der Waals surface area contributed by atoms with Crippen LogP contribution in [0.2, 0.25) is 0 Å². The lowest BCUT2D eigenvalue weighted by molar-refractivity contribution is -0.121. The SMILES string of the molecule is C=CCc1cc(C(=O)N2CCC(C(=O)Nc3nncs3)CC2)cc(OC)c1OC. The Balaban J connectivity index is 1.68. The fourth-order valence-electron chi connectivity index (χ4n) is 3.44. The number of rotatable bonds is 7. The molecule has 1 N–H and O–H groups in total. The molecule has 8 nitrogen and oxygen atoms in total. The van der Waals surface area contributed by atoms with Crippen LogP contribution < -0.4 is 14.8 Å². The molecule has 0 aliphatic carbocycles. The van der Waals surface area contributed by atoms with Crippen LogP contribution in [-0.2, 0) is 11.2 Å². The number of ether oxygens (including phenoxy) is 2. The van der Waals surface area contributed by atoms with E-state index in [2.05, 4.69) is 22.1 Å². The second-order valence-electron chi connectivity index (χ2n) is 6.66. The molecule has 1 aliphatic heterocycles. The Kier molecular flexibility index (Phi) is 6.82. The third kappa shape index (κ3) is 4.73. The Labute approximate surface area is 173 Å². The van der Waals surface area contributed by atoms with E-state index in [1.165, 1.54) is 11.3 Å². The maximum Gasteiger partial charge on any atom is 0.254 e.